The van der Waals surface area contributed by atoms with E-state index in [4.69, 9.17) is 9.47 Å². The monoisotopic (exact) mass is 396 g/mol. The Morgan fingerprint density at radius 3 is 2.59 bits per heavy atom. The third kappa shape index (κ3) is 4.56. The Hall–Kier alpha value is -3.35. The maximum absolute atomic E-state index is 12.5. The zero-order valence-corrected chi connectivity index (χ0v) is 16.8. The molecule has 0 bridgehead atoms. The van der Waals surface area contributed by atoms with Gasteiger partial charge >= 0.3 is 5.97 Å². The quantitative estimate of drug-likeness (QED) is 0.702. The van der Waals surface area contributed by atoms with Gasteiger partial charge < -0.3 is 19.3 Å². The minimum absolute atomic E-state index is 0.0403. The van der Waals surface area contributed by atoms with E-state index in [1.165, 1.54) is 16.9 Å². The van der Waals surface area contributed by atoms with Gasteiger partial charge in [-0.3, -0.25) is 14.4 Å². The third-order valence-electron chi connectivity index (χ3n) is 4.94. The van der Waals surface area contributed by atoms with E-state index in [-0.39, 0.29) is 31.4 Å². The molecule has 0 unspecified atom stereocenters. The molecule has 2 aromatic rings. The summed E-state index contributed by atoms with van der Waals surface area (Å²) in [5.41, 5.74) is 2.32. The molecule has 1 atom stereocenters. The largest absolute Gasteiger partial charge is 0.495 e. The molecule has 0 radical (unpaired) electrons. The fraction of sp³-hybridized carbons (Fsp3) is 0.318. The summed E-state index contributed by atoms with van der Waals surface area (Å²) in [6.45, 7) is 1.74. The zero-order valence-electron chi connectivity index (χ0n) is 16.8. The molecule has 0 aliphatic carbocycles. The van der Waals surface area contributed by atoms with Gasteiger partial charge in [0.2, 0.25) is 5.91 Å². The van der Waals surface area contributed by atoms with Crippen molar-refractivity contribution >= 4 is 29.2 Å². The van der Waals surface area contributed by atoms with Gasteiger partial charge in [0.25, 0.3) is 5.91 Å². The molecule has 0 aromatic heterocycles. The SMILES string of the molecule is COc1ccc(C)cc1N1C[C@H](C(=O)OCC(=O)N(C)c2ccccc2)CC1=O. The first-order chi connectivity index (χ1) is 13.9. The van der Waals surface area contributed by atoms with Crippen LogP contribution in [0.1, 0.15) is 12.0 Å². The Morgan fingerprint density at radius 1 is 1.17 bits per heavy atom. The molecule has 3 rings (SSSR count). The van der Waals surface area contributed by atoms with Gasteiger partial charge in [0.15, 0.2) is 6.61 Å². The lowest BCUT2D eigenvalue weighted by atomic mass is 10.1. The van der Waals surface area contributed by atoms with E-state index >= 15 is 0 Å². The highest BCUT2D eigenvalue weighted by molar-refractivity contribution is 6.01. The number of hydrogen-bond acceptors (Lipinski definition) is 5. The first kappa shape index (κ1) is 20.4. The second-order valence-electron chi connectivity index (χ2n) is 6.98. The number of para-hydroxylation sites is 1. The fourth-order valence-corrected chi connectivity index (χ4v) is 3.25. The van der Waals surface area contributed by atoms with E-state index in [1.807, 2.05) is 37.3 Å². The molecule has 1 aliphatic heterocycles. The van der Waals surface area contributed by atoms with Crippen LogP contribution in [0.25, 0.3) is 0 Å². The molecule has 2 amide bonds. The van der Waals surface area contributed by atoms with Crippen molar-refractivity contribution in [3.63, 3.8) is 0 Å². The van der Waals surface area contributed by atoms with Crippen molar-refractivity contribution in [2.75, 3.05) is 37.1 Å². The molecular weight excluding hydrogens is 372 g/mol. The van der Waals surface area contributed by atoms with Gasteiger partial charge in [-0.05, 0) is 36.8 Å². The van der Waals surface area contributed by atoms with E-state index in [2.05, 4.69) is 0 Å². The van der Waals surface area contributed by atoms with Crippen LogP contribution in [0.3, 0.4) is 0 Å². The number of likely N-dealkylation sites (N-methyl/N-ethyl adjacent to an activating group) is 1. The Labute approximate surface area is 169 Å². The standard InChI is InChI=1S/C22H24N2O5/c1-15-9-10-19(28-3)18(11-15)24-13-16(12-20(24)25)22(27)29-14-21(26)23(2)17-7-5-4-6-8-17/h4-11,16H,12-14H2,1-3H3/t16-/m1/s1. The summed E-state index contributed by atoms with van der Waals surface area (Å²) in [5, 5.41) is 0. The van der Waals surface area contributed by atoms with Crippen LogP contribution in [0, 0.1) is 12.8 Å². The maximum Gasteiger partial charge on any atom is 0.311 e. The Kier molecular flexibility index (Phi) is 6.16. The summed E-state index contributed by atoms with van der Waals surface area (Å²) in [6, 6.07) is 14.6. The molecular formula is C22H24N2O5. The molecule has 1 aliphatic rings. The van der Waals surface area contributed by atoms with Gasteiger partial charge in [0, 0.05) is 25.7 Å². The number of esters is 1. The van der Waals surface area contributed by atoms with Crippen LogP contribution >= 0.6 is 0 Å². The number of carbonyl (C=O) groups excluding carboxylic acids is 3. The van der Waals surface area contributed by atoms with Gasteiger partial charge in [-0.2, -0.15) is 0 Å². The van der Waals surface area contributed by atoms with Crippen LogP contribution in [0.5, 0.6) is 5.75 Å². The van der Waals surface area contributed by atoms with Crippen molar-refractivity contribution in [3.05, 3.63) is 54.1 Å². The van der Waals surface area contributed by atoms with E-state index < -0.39 is 11.9 Å². The number of amides is 2. The summed E-state index contributed by atoms with van der Waals surface area (Å²) < 4.78 is 10.5. The fourth-order valence-electron chi connectivity index (χ4n) is 3.25. The molecule has 2 aromatic carbocycles. The molecule has 29 heavy (non-hydrogen) atoms. The lowest BCUT2D eigenvalue weighted by Crippen LogP contribution is -2.33. The van der Waals surface area contributed by atoms with Crippen molar-refractivity contribution in [2.45, 2.75) is 13.3 Å². The molecule has 0 N–H and O–H groups in total. The minimum atomic E-state index is -0.623. The van der Waals surface area contributed by atoms with E-state index in [0.29, 0.717) is 17.1 Å². The van der Waals surface area contributed by atoms with Crippen LogP contribution in [-0.4, -0.2) is 45.1 Å². The summed E-state index contributed by atoms with van der Waals surface area (Å²) >= 11 is 0. The number of carbonyl (C=O) groups is 3. The number of hydrogen-bond donors (Lipinski definition) is 0. The molecule has 1 heterocycles. The smallest absolute Gasteiger partial charge is 0.311 e. The summed E-state index contributed by atoms with van der Waals surface area (Å²) in [5.74, 6) is -1.13. The average molecular weight is 396 g/mol. The molecule has 1 saturated heterocycles. The highest BCUT2D eigenvalue weighted by atomic mass is 16.5. The number of ether oxygens (including phenoxy) is 2. The topological polar surface area (TPSA) is 76.2 Å². The third-order valence-corrected chi connectivity index (χ3v) is 4.94. The number of rotatable bonds is 6. The second kappa shape index (κ2) is 8.77. The molecule has 7 nitrogen and oxygen atoms in total. The number of anilines is 2. The summed E-state index contributed by atoms with van der Waals surface area (Å²) in [6.07, 6.45) is 0.0403. The molecule has 7 heteroatoms. The molecule has 0 saturated carbocycles. The van der Waals surface area contributed by atoms with Crippen molar-refractivity contribution in [1.29, 1.82) is 0 Å². The normalized spacial score (nSPS) is 15.9. The lowest BCUT2D eigenvalue weighted by molar-refractivity contribution is -0.151. The number of nitrogens with zero attached hydrogens (tertiary/aromatic N) is 2. The van der Waals surface area contributed by atoms with E-state index in [1.54, 1.807) is 25.2 Å². The second-order valence-corrected chi connectivity index (χ2v) is 6.98. The lowest BCUT2D eigenvalue weighted by Gasteiger charge is -2.20. The highest BCUT2D eigenvalue weighted by Crippen LogP contribution is 2.34. The maximum atomic E-state index is 12.5. The van der Waals surface area contributed by atoms with E-state index in [9.17, 15) is 14.4 Å². The number of methoxy groups -OCH3 is 1. The van der Waals surface area contributed by atoms with Crippen molar-refractivity contribution in [1.82, 2.24) is 0 Å². The van der Waals surface area contributed by atoms with E-state index in [0.717, 1.165) is 5.56 Å². The van der Waals surface area contributed by atoms with Crippen molar-refractivity contribution < 1.29 is 23.9 Å². The predicted molar refractivity (Wildman–Crippen MR) is 109 cm³/mol. The van der Waals surface area contributed by atoms with Crippen LogP contribution in [0.2, 0.25) is 0 Å². The number of benzene rings is 2. The molecule has 0 spiro atoms. The Morgan fingerprint density at radius 2 is 1.90 bits per heavy atom. The van der Waals surface area contributed by atoms with Crippen LogP contribution in [0.15, 0.2) is 48.5 Å². The Bertz CT molecular complexity index is 913. The first-order valence-corrected chi connectivity index (χ1v) is 9.34. The van der Waals surface area contributed by atoms with Gasteiger partial charge in [0.1, 0.15) is 5.75 Å². The summed E-state index contributed by atoms with van der Waals surface area (Å²) in [4.78, 5) is 40.2. The minimum Gasteiger partial charge on any atom is -0.495 e. The molecule has 1 fully saturated rings. The van der Waals surface area contributed by atoms with Gasteiger partial charge in [-0.25, -0.2) is 0 Å². The van der Waals surface area contributed by atoms with Crippen LogP contribution < -0.4 is 14.5 Å². The summed E-state index contributed by atoms with van der Waals surface area (Å²) in [7, 11) is 3.16. The van der Waals surface area contributed by atoms with Gasteiger partial charge in [0.05, 0.1) is 18.7 Å². The predicted octanol–water partition coefficient (Wildman–Crippen LogP) is 2.56. The zero-order chi connectivity index (χ0) is 21.0. The van der Waals surface area contributed by atoms with Crippen LogP contribution in [-0.2, 0) is 19.1 Å². The van der Waals surface area contributed by atoms with Crippen molar-refractivity contribution in [3.8, 4) is 5.75 Å². The van der Waals surface area contributed by atoms with Gasteiger partial charge in [-0.15, -0.1) is 0 Å². The average Bonchev–Trinajstić information content (AvgIpc) is 3.13. The Balaban J connectivity index is 1.61. The van der Waals surface area contributed by atoms with Crippen LogP contribution in [0.4, 0.5) is 11.4 Å². The first-order valence-electron chi connectivity index (χ1n) is 9.34. The van der Waals surface area contributed by atoms with Gasteiger partial charge in [-0.1, -0.05) is 24.3 Å². The molecule has 152 valence electrons. The van der Waals surface area contributed by atoms with Crippen molar-refractivity contribution in [2.24, 2.45) is 5.92 Å². The highest BCUT2D eigenvalue weighted by Gasteiger charge is 2.37. The number of aryl methyl sites for hydroxylation is 1.